The van der Waals surface area contributed by atoms with Gasteiger partial charge in [0.1, 0.15) is 10.1 Å². The maximum Gasteiger partial charge on any atom is 0.300 e. The zero-order chi connectivity index (χ0) is 15.3. The molecule has 106 valence electrons. The number of benzene rings is 1. The Hall–Kier alpha value is -1.86. The molecule has 1 saturated heterocycles. The maximum absolute atomic E-state index is 11.5. The van der Waals surface area contributed by atoms with Crippen molar-refractivity contribution in [2.24, 2.45) is 0 Å². The molecule has 1 aliphatic heterocycles. The first-order valence-corrected chi connectivity index (χ1v) is 6.76. The van der Waals surface area contributed by atoms with E-state index in [1.165, 1.54) is 11.8 Å². The van der Waals surface area contributed by atoms with Crippen molar-refractivity contribution in [1.29, 1.82) is 0 Å². The van der Waals surface area contributed by atoms with Gasteiger partial charge in [-0.3, -0.25) is 9.59 Å². The van der Waals surface area contributed by atoms with Gasteiger partial charge in [0.15, 0.2) is 0 Å². The predicted octanol–water partition coefficient (Wildman–Crippen LogP) is 2.36. The fourth-order valence-corrected chi connectivity index (χ4v) is 2.52. The number of rotatable bonds is 1. The third-order valence-corrected chi connectivity index (χ3v) is 3.57. The van der Waals surface area contributed by atoms with Crippen LogP contribution in [0.2, 0.25) is 0 Å². The van der Waals surface area contributed by atoms with Crippen LogP contribution in [-0.2, 0) is 9.59 Å². The first-order chi connectivity index (χ1) is 9.31. The number of thiocarbonyl (C=S) groups is 1. The number of carbonyl (C=O) groups excluding carboxylic acids is 1. The summed E-state index contributed by atoms with van der Waals surface area (Å²) in [5.74, 6) is -0.820. The van der Waals surface area contributed by atoms with Crippen LogP contribution in [0, 0.1) is 0 Å². The lowest BCUT2D eigenvalue weighted by Crippen LogP contribution is -2.18. The van der Waals surface area contributed by atoms with Crippen molar-refractivity contribution in [1.82, 2.24) is 5.32 Å². The fraction of sp³-hybridized carbons (Fsp3) is 0.154. The van der Waals surface area contributed by atoms with Crippen LogP contribution in [0.3, 0.4) is 0 Å². The second-order valence-corrected chi connectivity index (χ2v) is 5.55. The number of thioether (sulfide) groups is 1. The van der Waals surface area contributed by atoms with Gasteiger partial charge in [0.05, 0.1) is 4.91 Å². The molecule has 0 spiro atoms. The first-order valence-electron chi connectivity index (χ1n) is 5.54. The number of carboxylic acid groups (broad SMARTS) is 1. The van der Waals surface area contributed by atoms with Crippen LogP contribution >= 0.6 is 24.0 Å². The highest BCUT2D eigenvalue weighted by Gasteiger charge is 2.24. The molecule has 7 heteroatoms. The summed E-state index contributed by atoms with van der Waals surface area (Å²) in [5, 5.41) is 19.4. The Morgan fingerprint density at radius 2 is 1.95 bits per heavy atom. The van der Waals surface area contributed by atoms with E-state index in [2.05, 4.69) is 5.32 Å². The van der Waals surface area contributed by atoms with Crippen LogP contribution in [0.1, 0.15) is 19.4 Å². The molecule has 0 atom stereocenters. The lowest BCUT2D eigenvalue weighted by atomic mass is 10.1. The van der Waals surface area contributed by atoms with Crippen LogP contribution in [0.15, 0.2) is 29.2 Å². The van der Waals surface area contributed by atoms with E-state index in [0.29, 0.717) is 9.23 Å². The molecule has 2 rings (SSSR count). The van der Waals surface area contributed by atoms with Gasteiger partial charge in [-0.15, -0.1) is 0 Å². The number of phenols is 1. The summed E-state index contributed by atoms with van der Waals surface area (Å²) in [5.41, 5.74) is 1.64. The third-order valence-electron chi connectivity index (χ3n) is 2.24. The van der Waals surface area contributed by atoms with Crippen LogP contribution in [-0.4, -0.2) is 26.4 Å². The van der Waals surface area contributed by atoms with Crippen molar-refractivity contribution in [3.05, 3.63) is 34.7 Å². The molecule has 1 aliphatic rings. The van der Waals surface area contributed by atoms with E-state index in [4.69, 9.17) is 22.1 Å². The van der Waals surface area contributed by atoms with Crippen LogP contribution in [0.5, 0.6) is 5.75 Å². The van der Waals surface area contributed by atoms with Gasteiger partial charge in [-0.1, -0.05) is 36.1 Å². The number of nitrogens with one attached hydrogen (secondary N) is 1. The predicted molar refractivity (Wildman–Crippen MR) is 82.3 cm³/mol. The number of aliphatic carboxylic acids is 1. The topological polar surface area (TPSA) is 86.6 Å². The van der Waals surface area contributed by atoms with Crippen molar-refractivity contribution in [3.8, 4) is 5.75 Å². The summed E-state index contributed by atoms with van der Waals surface area (Å²) in [4.78, 5) is 21.1. The molecule has 0 aromatic heterocycles. The van der Waals surface area contributed by atoms with E-state index in [-0.39, 0.29) is 11.7 Å². The lowest BCUT2D eigenvalue weighted by Gasteiger charge is -2.04. The van der Waals surface area contributed by atoms with Gasteiger partial charge in [-0.2, -0.15) is 0 Å². The van der Waals surface area contributed by atoms with Crippen molar-refractivity contribution in [2.45, 2.75) is 13.8 Å². The second-order valence-electron chi connectivity index (χ2n) is 3.87. The first kappa shape index (κ1) is 16.2. The average molecular weight is 311 g/mol. The van der Waals surface area contributed by atoms with Crippen molar-refractivity contribution in [2.75, 3.05) is 0 Å². The molecule has 0 aliphatic carbocycles. The number of hydrogen-bond donors (Lipinski definition) is 3. The third kappa shape index (κ3) is 4.67. The molecule has 3 N–H and O–H groups in total. The molecule has 1 fully saturated rings. The molecule has 1 aromatic rings. The molecule has 0 radical (unpaired) electrons. The number of hydrogen-bond acceptors (Lipinski definition) is 5. The van der Waals surface area contributed by atoms with Gasteiger partial charge in [-0.05, 0) is 30.2 Å². The molecule has 0 unspecified atom stereocenters. The molecule has 20 heavy (non-hydrogen) atoms. The summed E-state index contributed by atoms with van der Waals surface area (Å²) in [6.45, 7) is 2.92. The van der Waals surface area contributed by atoms with Gasteiger partial charge < -0.3 is 15.5 Å². The van der Waals surface area contributed by atoms with E-state index < -0.39 is 5.97 Å². The quantitative estimate of drug-likeness (QED) is 0.545. The van der Waals surface area contributed by atoms with Crippen molar-refractivity contribution < 1.29 is 19.8 Å². The molecule has 0 saturated carbocycles. The SMILES string of the molecule is CC(=C1SC(=S)NC1=O)c1cccc(O)c1.CC(=O)O. The van der Waals surface area contributed by atoms with E-state index in [9.17, 15) is 9.90 Å². The van der Waals surface area contributed by atoms with Gasteiger partial charge in [-0.25, -0.2) is 0 Å². The number of allylic oxidation sites excluding steroid dienone is 1. The number of amides is 1. The van der Waals surface area contributed by atoms with E-state index in [1.807, 2.05) is 13.0 Å². The largest absolute Gasteiger partial charge is 0.508 e. The van der Waals surface area contributed by atoms with Gasteiger partial charge in [0.25, 0.3) is 11.9 Å². The summed E-state index contributed by atoms with van der Waals surface area (Å²) in [6.07, 6.45) is 0. The number of carbonyl (C=O) groups is 2. The Morgan fingerprint density at radius 1 is 1.35 bits per heavy atom. The monoisotopic (exact) mass is 311 g/mol. The Morgan fingerprint density at radius 3 is 2.40 bits per heavy atom. The van der Waals surface area contributed by atoms with E-state index in [1.54, 1.807) is 18.2 Å². The summed E-state index contributed by atoms with van der Waals surface area (Å²) < 4.78 is 0.472. The molecule has 1 aromatic carbocycles. The number of aromatic hydroxyl groups is 1. The Kier molecular flexibility index (Phi) is 5.72. The van der Waals surface area contributed by atoms with Crippen LogP contribution in [0.25, 0.3) is 5.57 Å². The Bertz CT molecular complexity index is 592. The van der Waals surface area contributed by atoms with E-state index >= 15 is 0 Å². The highest BCUT2D eigenvalue weighted by molar-refractivity contribution is 8.26. The van der Waals surface area contributed by atoms with Crippen LogP contribution < -0.4 is 5.32 Å². The highest BCUT2D eigenvalue weighted by Crippen LogP contribution is 2.32. The maximum atomic E-state index is 11.5. The molecule has 1 heterocycles. The van der Waals surface area contributed by atoms with Crippen molar-refractivity contribution >= 4 is 45.7 Å². The molecule has 1 amide bonds. The lowest BCUT2D eigenvalue weighted by molar-refractivity contribution is -0.134. The fourth-order valence-electron chi connectivity index (χ4n) is 1.43. The normalized spacial score (nSPS) is 16.1. The Labute approximate surface area is 125 Å². The summed E-state index contributed by atoms with van der Waals surface area (Å²) >= 11 is 6.17. The van der Waals surface area contributed by atoms with Gasteiger partial charge in [0, 0.05) is 6.92 Å². The zero-order valence-corrected chi connectivity index (χ0v) is 12.5. The smallest absolute Gasteiger partial charge is 0.300 e. The Balaban J connectivity index is 0.000000444. The summed E-state index contributed by atoms with van der Waals surface area (Å²) in [6, 6.07) is 6.80. The second kappa shape index (κ2) is 7.06. The zero-order valence-electron chi connectivity index (χ0n) is 10.8. The minimum atomic E-state index is -0.833. The van der Waals surface area contributed by atoms with Crippen molar-refractivity contribution in [3.63, 3.8) is 0 Å². The minimum absolute atomic E-state index is 0.171. The standard InChI is InChI=1S/C11H9NO2S2.C2H4O2/c1-6(7-3-2-4-8(13)5-7)9-10(14)12-11(15)16-9;1-2(3)4/h2-5,13H,1H3,(H,12,14,15);1H3,(H,3,4). The van der Waals surface area contributed by atoms with Crippen LogP contribution in [0.4, 0.5) is 0 Å². The number of phenolic OH excluding ortho intramolecular Hbond substituents is 1. The highest BCUT2D eigenvalue weighted by atomic mass is 32.2. The molecular formula is C13H13NO4S2. The minimum Gasteiger partial charge on any atom is -0.508 e. The summed E-state index contributed by atoms with van der Waals surface area (Å²) in [7, 11) is 0. The van der Waals surface area contributed by atoms with Gasteiger partial charge >= 0.3 is 0 Å². The molecular weight excluding hydrogens is 298 g/mol. The average Bonchev–Trinajstić information content (AvgIpc) is 2.67. The molecule has 5 nitrogen and oxygen atoms in total. The van der Waals surface area contributed by atoms with Gasteiger partial charge in [0.2, 0.25) is 0 Å². The van der Waals surface area contributed by atoms with E-state index in [0.717, 1.165) is 18.1 Å². The molecule has 0 bridgehead atoms. The number of carboxylic acids is 1.